The molecule has 5 heavy (non-hydrogen) atoms. The summed E-state index contributed by atoms with van der Waals surface area (Å²) in [6, 6.07) is 0. The average Bonchev–Trinajstić information content (AvgIpc) is 0.722. The molecule has 0 aromatic heterocycles. The van der Waals surface area contributed by atoms with Crippen LogP contribution in [0, 0.1) is 0 Å². The first-order valence-electron chi connectivity index (χ1n) is 1.69. The van der Waals surface area contributed by atoms with E-state index in [2.05, 4.69) is 15.6 Å². The van der Waals surface area contributed by atoms with Crippen molar-refractivity contribution in [2.75, 3.05) is 0 Å². The second kappa shape index (κ2) is 1.74. The minimum absolute atomic E-state index is 1.71. The van der Waals surface area contributed by atoms with Gasteiger partial charge < -0.3 is 0 Å². The van der Waals surface area contributed by atoms with E-state index in [1.807, 2.05) is 0 Å². The number of halogens is 1. The Morgan fingerprint density at radius 1 is 1.60 bits per heavy atom. The van der Waals surface area contributed by atoms with E-state index < -0.39 is 17.0 Å². The molecule has 3 heteroatoms. The molecule has 0 aliphatic rings. The molecule has 0 saturated carbocycles. The molecule has 0 radical (unpaired) electrons. The van der Waals surface area contributed by atoms with Crippen LogP contribution in [0.25, 0.3) is 0 Å². The molecule has 0 amide bonds. The summed E-state index contributed by atoms with van der Waals surface area (Å²) < 4.78 is 0. The molecule has 0 aromatic rings. The van der Waals surface area contributed by atoms with Gasteiger partial charge in [0.05, 0.1) is 0 Å². The van der Waals surface area contributed by atoms with Crippen molar-refractivity contribution in [2.24, 2.45) is 0 Å². The zero-order valence-corrected chi connectivity index (χ0v) is 7.49. The maximum absolute atomic E-state index is 5.74. The van der Waals surface area contributed by atoms with Crippen molar-refractivity contribution < 1.29 is 0 Å². The molecule has 0 nitrogen and oxygen atoms in total. The van der Waals surface area contributed by atoms with E-state index >= 15 is 0 Å². The van der Waals surface area contributed by atoms with E-state index in [0.717, 1.165) is 0 Å². The summed E-state index contributed by atoms with van der Waals surface area (Å²) in [6.07, 6.45) is 0. The van der Waals surface area contributed by atoms with Crippen molar-refractivity contribution in [1.29, 1.82) is 0 Å². The first kappa shape index (κ1) is 6.15. The maximum atomic E-state index is 5.74. The zero-order chi connectivity index (χ0) is 4.50. The van der Waals surface area contributed by atoms with Crippen LogP contribution in [0.2, 0.25) is 9.88 Å². The van der Waals surface area contributed by atoms with Crippen molar-refractivity contribution in [3.05, 3.63) is 0 Å². The summed E-state index contributed by atoms with van der Waals surface area (Å²) in [5.74, 6) is 0. The molecule has 0 fully saturated rings. The Morgan fingerprint density at radius 2 is 1.60 bits per heavy atom. The summed E-state index contributed by atoms with van der Waals surface area (Å²) in [5, 5.41) is 0. The molecule has 0 aliphatic heterocycles. The Balaban J connectivity index is 3.02. The van der Waals surface area contributed by atoms with Crippen LogP contribution in [-0.4, -0.2) is 22.7 Å². The van der Waals surface area contributed by atoms with Gasteiger partial charge in [0, 0.05) is 0 Å². The molecule has 0 saturated heterocycles. The van der Waals surface area contributed by atoms with Crippen LogP contribution >= 0.6 is 8.92 Å². The Morgan fingerprint density at radius 3 is 1.60 bits per heavy atom. The van der Waals surface area contributed by atoms with E-state index in [9.17, 15) is 0 Å². The molecule has 0 N–H and O–H groups in total. The average molecular weight is 197 g/mol. The van der Waals surface area contributed by atoms with Gasteiger partial charge in [0.1, 0.15) is 0 Å². The van der Waals surface area contributed by atoms with E-state index in [1.165, 1.54) is 0 Å². The van der Waals surface area contributed by atoms with Gasteiger partial charge in [-0.3, -0.25) is 0 Å². The van der Waals surface area contributed by atoms with Gasteiger partial charge in [0.15, 0.2) is 0 Å². The van der Waals surface area contributed by atoms with Gasteiger partial charge in [-0.25, -0.2) is 0 Å². The van der Waals surface area contributed by atoms with Crippen LogP contribution in [0.1, 0.15) is 0 Å². The molecule has 0 bridgehead atoms. The van der Waals surface area contributed by atoms with Crippen LogP contribution in [-0.2, 0) is 0 Å². The van der Waals surface area contributed by atoms with Gasteiger partial charge in [0.2, 0.25) is 0 Å². The second-order valence-electron chi connectivity index (χ2n) is 2.07. The quantitative estimate of drug-likeness (QED) is 0.498. The molecular formula is C2H8BClSn. The molecule has 0 spiro atoms. The van der Waals surface area contributed by atoms with Crippen LogP contribution in [0.15, 0.2) is 0 Å². The standard InChI is InChI=1S/2CH3.BH2.ClH.Sn/h2*1H3;1H2;1H;/q;;+1;;/p-1. The van der Waals surface area contributed by atoms with Crippen LogP contribution in [0.3, 0.4) is 0 Å². The van der Waals surface area contributed by atoms with Crippen LogP contribution < -0.4 is 0 Å². The molecule has 0 aliphatic carbocycles. The Hall–Kier alpha value is 1.15. The molecule has 0 atom stereocenters. The van der Waals surface area contributed by atoms with Crippen molar-refractivity contribution in [2.45, 2.75) is 9.88 Å². The van der Waals surface area contributed by atoms with Gasteiger partial charge in [-0.05, 0) is 0 Å². The summed E-state index contributed by atoms with van der Waals surface area (Å²) >= 11 is -1.71. The molecular weight excluding hydrogens is 189 g/mol. The van der Waals surface area contributed by atoms with Crippen LogP contribution in [0.5, 0.6) is 0 Å². The molecule has 0 rings (SSSR count). The predicted molar refractivity (Wildman–Crippen MR) is 31.9 cm³/mol. The SMILES string of the molecule is [BH2][Sn]([CH3])([CH3])[Cl]. The third kappa shape index (κ3) is 38.5. The Kier molecular flexibility index (Phi) is 2.14. The van der Waals surface area contributed by atoms with Gasteiger partial charge in [0.25, 0.3) is 0 Å². The normalized spacial score (nSPS) is 11.8. The fourth-order valence-corrected chi connectivity index (χ4v) is 0. The van der Waals surface area contributed by atoms with Gasteiger partial charge in [-0.2, -0.15) is 0 Å². The van der Waals surface area contributed by atoms with Crippen LogP contribution in [0.4, 0.5) is 0 Å². The summed E-state index contributed by atoms with van der Waals surface area (Å²) in [7, 11) is 5.74. The van der Waals surface area contributed by atoms with Crippen molar-refractivity contribution in [3.63, 3.8) is 0 Å². The monoisotopic (exact) mass is 198 g/mol. The van der Waals surface area contributed by atoms with Crippen molar-refractivity contribution >= 4 is 31.7 Å². The van der Waals surface area contributed by atoms with Crippen molar-refractivity contribution in [1.82, 2.24) is 0 Å². The first-order valence-corrected chi connectivity index (χ1v) is 13.9. The Bertz CT molecular complexity index is 25.1. The Labute approximate surface area is 41.6 Å². The minimum atomic E-state index is -1.71. The molecule has 0 unspecified atom stereocenters. The van der Waals surface area contributed by atoms with E-state index in [4.69, 9.17) is 8.92 Å². The zero-order valence-electron chi connectivity index (χ0n) is 3.88. The summed E-state index contributed by atoms with van der Waals surface area (Å²) in [4.78, 5) is 4.33. The summed E-state index contributed by atoms with van der Waals surface area (Å²) in [5.41, 5.74) is 2.16. The fourth-order valence-electron chi connectivity index (χ4n) is 0. The number of hydrogen-bond acceptors (Lipinski definition) is 0. The second-order valence-corrected chi connectivity index (χ2v) is 21.5. The topological polar surface area (TPSA) is 0 Å². The third-order valence-electron chi connectivity index (χ3n) is 0. The third-order valence-corrected chi connectivity index (χ3v) is 0. The predicted octanol–water partition coefficient (Wildman–Crippen LogP) is 0.560. The molecule has 0 heterocycles. The van der Waals surface area contributed by atoms with Gasteiger partial charge >= 0.3 is 41.5 Å². The van der Waals surface area contributed by atoms with Gasteiger partial charge in [-0.15, -0.1) is 0 Å². The first-order chi connectivity index (χ1) is 2.00. The summed E-state index contributed by atoms with van der Waals surface area (Å²) in [6.45, 7) is 0. The molecule has 30 valence electrons. The van der Waals surface area contributed by atoms with Gasteiger partial charge in [-0.1, -0.05) is 0 Å². The molecule has 0 aromatic carbocycles. The fraction of sp³-hybridized carbons (Fsp3) is 1.00. The number of hydrogen-bond donors (Lipinski definition) is 0. The van der Waals surface area contributed by atoms with E-state index in [1.54, 1.807) is 0 Å². The van der Waals surface area contributed by atoms with Crippen molar-refractivity contribution in [3.8, 4) is 0 Å². The van der Waals surface area contributed by atoms with E-state index in [-0.39, 0.29) is 0 Å². The van der Waals surface area contributed by atoms with E-state index in [0.29, 0.717) is 0 Å². The number of rotatable bonds is 0.